The third kappa shape index (κ3) is 2.22. The molecule has 16 heavy (non-hydrogen) atoms. The van der Waals surface area contributed by atoms with Gasteiger partial charge in [0.25, 0.3) is 0 Å². The van der Waals surface area contributed by atoms with Crippen LogP contribution in [-0.2, 0) is 5.75 Å². The monoisotopic (exact) mass is 235 g/mol. The Morgan fingerprint density at radius 1 is 1.38 bits per heavy atom. The van der Waals surface area contributed by atoms with E-state index >= 15 is 0 Å². The van der Waals surface area contributed by atoms with Gasteiger partial charge in [-0.3, -0.25) is 0 Å². The minimum Gasteiger partial charge on any atom is -0.496 e. The van der Waals surface area contributed by atoms with Gasteiger partial charge < -0.3 is 9.15 Å². The summed E-state index contributed by atoms with van der Waals surface area (Å²) in [6, 6.07) is 7.75. The van der Waals surface area contributed by atoms with Gasteiger partial charge >= 0.3 is 0 Å². The molecule has 0 N–H and O–H groups in total. The van der Waals surface area contributed by atoms with Crippen LogP contribution in [0.1, 0.15) is 5.89 Å². The molecular weight excluding hydrogens is 222 g/mol. The Hall–Kier alpha value is -1.42. The Morgan fingerprint density at radius 2 is 2.19 bits per heavy atom. The minimum atomic E-state index is 0.744. The van der Waals surface area contributed by atoms with Crippen LogP contribution in [0.3, 0.4) is 0 Å². The van der Waals surface area contributed by atoms with E-state index in [0.29, 0.717) is 0 Å². The summed E-state index contributed by atoms with van der Waals surface area (Å²) in [7, 11) is 1.65. The molecule has 0 amide bonds. The maximum atomic E-state index is 5.64. The molecule has 1 aromatic heterocycles. The lowest BCUT2D eigenvalue weighted by Gasteiger charge is -2.04. The largest absolute Gasteiger partial charge is 0.496 e. The lowest BCUT2D eigenvalue weighted by Crippen LogP contribution is -1.85. The molecular formula is C12H13NO2S. The van der Waals surface area contributed by atoms with Crippen LogP contribution >= 0.6 is 11.8 Å². The van der Waals surface area contributed by atoms with Crippen molar-refractivity contribution in [1.82, 2.24) is 4.98 Å². The van der Waals surface area contributed by atoms with Gasteiger partial charge in [-0.25, -0.2) is 4.98 Å². The highest BCUT2D eigenvalue weighted by molar-refractivity contribution is 7.97. The quantitative estimate of drug-likeness (QED) is 0.815. The fraction of sp³-hybridized carbons (Fsp3) is 0.250. The van der Waals surface area contributed by atoms with E-state index in [-0.39, 0.29) is 0 Å². The van der Waals surface area contributed by atoms with E-state index in [0.717, 1.165) is 28.7 Å². The molecule has 3 nitrogen and oxygen atoms in total. The summed E-state index contributed by atoms with van der Waals surface area (Å²) < 4.78 is 10.9. The van der Waals surface area contributed by atoms with Crippen LogP contribution in [-0.4, -0.2) is 18.3 Å². The van der Waals surface area contributed by atoms with E-state index in [1.165, 1.54) is 0 Å². The lowest BCUT2D eigenvalue weighted by atomic mass is 10.1. The summed E-state index contributed by atoms with van der Waals surface area (Å²) >= 11 is 1.69. The molecule has 4 heteroatoms. The SMILES string of the molecule is COc1ccccc1-c1cnc(CSC)o1. The molecule has 0 radical (unpaired) electrons. The maximum Gasteiger partial charge on any atom is 0.204 e. The van der Waals surface area contributed by atoms with E-state index in [4.69, 9.17) is 9.15 Å². The van der Waals surface area contributed by atoms with Crippen LogP contribution in [0.5, 0.6) is 5.75 Å². The number of hydrogen-bond donors (Lipinski definition) is 0. The molecule has 0 aliphatic carbocycles. The van der Waals surface area contributed by atoms with Gasteiger partial charge in [0.1, 0.15) is 5.75 Å². The van der Waals surface area contributed by atoms with E-state index in [2.05, 4.69) is 4.98 Å². The van der Waals surface area contributed by atoms with Crippen molar-refractivity contribution in [3.05, 3.63) is 36.4 Å². The highest BCUT2D eigenvalue weighted by atomic mass is 32.2. The standard InChI is InChI=1S/C12H13NO2S/c1-14-10-6-4-3-5-9(10)11-7-13-12(15-11)8-16-2/h3-7H,8H2,1-2H3. The molecule has 0 bridgehead atoms. The molecule has 0 fully saturated rings. The van der Waals surface area contributed by atoms with Crippen molar-refractivity contribution in [2.45, 2.75) is 5.75 Å². The molecule has 2 rings (SSSR count). The highest BCUT2D eigenvalue weighted by Crippen LogP contribution is 2.30. The van der Waals surface area contributed by atoms with E-state index in [9.17, 15) is 0 Å². The second-order valence-corrected chi connectivity index (χ2v) is 4.12. The number of aromatic nitrogens is 1. The van der Waals surface area contributed by atoms with E-state index in [1.54, 1.807) is 25.1 Å². The summed E-state index contributed by atoms with van der Waals surface area (Å²) in [6.07, 6.45) is 3.76. The normalized spacial score (nSPS) is 10.4. The van der Waals surface area contributed by atoms with Crippen molar-refractivity contribution in [2.75, 3.05) is 13.4 Å². The molecule has 84 valence electrons. The molecule has 0 spiro atoms. The summed E-state index contributed by atoms with van der Waals surface area (Å²) in [4.78, 5) is 4.21. The second-order valence-electron chi connectivity index (χ2n) is 3.25. The number of hydrogen-bond acceptors (Lipinski definition) is 4. The van der Waals surface area contributed by atoms with Gasteiger partial charge in [-0.1, -0.05) is 12.1 Å². The second kappa shape index (κ2) is 5.07. The third-order valence-electron chi connectivity index (χ3n) is 2.19. The predicted molar refractivity (Wildman–Crippen MR) is 65.7 cm³/mol. The van der Waals surface area contributed by atoms with Crippen molar-refractivity contribution in [3.8, 4) is 17.1 Å². The first-order chi connectivity index (χ1) is 7.85. The molecule has 0 unspecified atom stereocenters. The zero-order chi connectivity index (χ0) is 11.4. The number of para-hydroxylation sites is 1. The van der Waals surface area contributed by atoms with Crippen LogP contribution in [0, 0.1) is 0 Å². The molecule has 2 aromatic rings. The van der Waals surface area contributed by atoms with Crippen molar-refractivity contribution in [3.63, 3.8) is 0 Å². The zero-order valence-electron chi connectivity index (χ0n) is 9.27. The Bertz CT molecular complexity index is 468. The van der Waals surface area contributed by atoms with E-state index < -0.39 is 0 Å². The van der Waals surface area contributed by atoms with Crippen LogP contribution in [0.4, 0.5) is 0 Å². The Morgan fingerprint density at radius 3 is 2.94 bits per heavy atom. The molecule has 0 aliphatic rings. The number of nitrogens with zero attached hydrogens (tertiary/aromatic N) is 1. The van der Waals surface area contributed by atoms with Crippen LogP contribution in [0.25, 0.3) is 11.3 Å². The molecule has 0 saturated heterocycles. The van der Waals surface area contributed by atoms with Crippen molar-refractivity contribution in [2.24, 2.45) is 0 Å². The van der Waals surface area contributed by atoms with Gasteiger partial charge in [0.15, 0.2) is 5.76 Å². The number of methoxy groups -OCH3 is 1. The third-order valence-corrected chi connectivity index (χ3v) is 2.73. The molecule has 0 aliphatic heterocycles. The first-order valence-corrected chi connectivity index (χ1v) is 6.31. The molecule has 0 saturated carbocycles. The average molecular weight is 235 g/mol. The first-order valence-electron chi connectivity index (χ1n) is 4.92. The topological polar surface area (TPSA) is 35.3 Å². The predicted octanol–water partition coefficient (Wildman–Crippen LogP) is 3.21. The van der Waals surface area contributed by atoms with Gasteiger partial charge in [0.05, 0.1) is 24.6 Å². The van der Waals surface area contributed by atoms with Crippen LogP contribution in [0.15, 0.2) is 34.9 Å². The average Bonchev–Trinajstić information content (AvgIpc) is 2.78. The van der Waals surface area contributed by atoms with Gasteiger partial charge in [-0.05, 0) is 18.4 Å². The number of ether oxygens (including phenoxy) is 1. The van der Waals surface area contributed by atoms with Gasteiger partial charge in [-0.15, -0.1) is 0 Å². The fourth-order valence-corrected chi connectivity index (χ4v) is 1.85. The Balaban J connectivity index is 2.34. The minimum absolute atomic E-state index is 0.744. The van der Waals surface area contributed by atoms with Gasteiger partial charge in [0, 0.05) is 0 Å². The van der Waals surface area contributed by atoms with Crippen molar-refractivity contribution < 1.29 is 9.15 Å². The smallest absolute Gasteiger partial charge is 0.204 e. The lowest BCUT2D eigenvalue weighted by molar-refractivity contribution is 0.414. The number of thioether (sulfide) groups is 1. The van der Waals surface area contributed by atoms with E-state index in [1.807, 2.05) is 30.5 Å². The highest BCUT2D eigenvalue weighted by Gasteiger charge is 2.10. The fourth-order valence-electron chi connectivity index (χ4n) is 1.47. The Labute approximate surface area is 98.8 Å². The van der Waals surface area contributed by atoms with Crippen LogP contribution < -0.4 is 4.74 Å². The number of rotatable bonds is 4. The van der Waals surface area contributed by atoms with Crippen LogP contribution in [0.2, 0.25) is 0 Å². The van der Waals surface area contributed by atoms with Crippen molar-refractivity contribution >= 4 is 11.8 Å². The summed E-state index contributed by atoms with van der Waals surface area (Å²) in [5, 5.41) is 0. The van der Waals surface area contributed by atoms with Gasteiger partial charge in [0.2, 0.25) is 5.89 Å². The zero-order valence-corrected chi connectivity index (χ0v) is 10.1. The summed E-state index contributed by atoms with van der Waals surface area (Å²) in [5.74, 6) is 3.08. The van der Waals surface area contributed by atoms with Gasteiger partial charge in [-0.2, -0.15) is 11.8 Å². The first kappa shape index (κ1) is 11.1. The van der Waals surface area contributed by atoms with Crippen molar-refractivity contribution in [1.29, 1.82) is 0 Å². The molecule has 1 heterocycles. The summed E-state index contributed by atoms with van der Waals surface area (Å²) in [6.45, 7) is 0. The molecule has 0 atom stereocenters. The summed E-state index contributed by atoms with van der Waals surface area (Å²) in [5.41, 5.74) is 0.935. The molecule has 1 aromatic carbocycles. The number of oxazole rings is 1. The Kier molecular flexibility index (Phi) is 3.51. The number of benzene rings is 1. The maximum absolute atomic E-state index is 5.64.